The molecule has 3 unspecified atom stereocenters. The van der Waals surface area contributed by atoms with E-state index in [4.69, 9.17) is 4.74 Å². The van der Waals surface area contributed by atoms with Crippen LogP contribution in [0.1, 0.15) is 18.4 Å². The highest BCUT2D eigenvalue weighted by molar-refractivity contribution is 5.81. The second-order valence-corrected chi connectivity index (χ2v) is 5.84. The van der Waals surface area contributed by atoms with Gasteiger partial charge in [-0.05, 0) is 24.9 Å². The number of nitrogens with zero attached hydrogens (tertiary/aromatic N) is 1. The highest BCUT2D eigenvalue weighted by atomic mass is 16.5. The van der Waals surface area contributed by atoms with Crippen molar-refractivity contribution in [1.82, 2.24) is 10.2 Å². The molecule has 3 rings (SSSR count). The molecule has 0 amide bonds. The summed E-state index contributed by atoms with van der Waals surface area (Å²) < 4.78 is 5.11. The summed E-state index contributed by atoms with van der Waals surface area (Å²) >= 11 is 0. The molecule has 0 saturated carbocycles. The lowest BCUT2D eigenvalue weighted by atomic mass is 9.78. The number of esters is 1. The first-order chi connectivity index (χ1) is 9.74. The fourth-order valence-corrected chi connectivity index (χ4v) is 3.59. The van der Waals surface area contributed by atoms with Crippen LogP contribution in [0.3, 0.4) is 0 Å². The van der Waals surface area contributed by atoms with Crippen molar-refractivity contribution in [3.63, 3.8) is 0 Å². The number of rotatable bonds is 4. The third-order valence-electron chi connectivity index (χ3n) is 4.79. The van der Waals surface area contributed by atoms with Crippen LogP contribution in [0, 0.1) is 5.92 Å². The molecule has 4 heteroatoms. The van der Waals surface area contributed by atoms with Gasteiger partial charge in [0, 0.05) is 25.6 Å². The Labute approximate surface area is 120 Å². The van der Waals surface area contributed by atoms with E-state index in [9.17, 15) is 4.79 Å². The van der Waals surface area contributed by atoms with Gasteiger partial charge in [0.15, 0.2) is 0 Å². The van der Waals surface area contributed by atoms with Crippen LogP contribution in [0.5, 0.6) is 0 Å². The van der Waals surface area contributed by atoms with E-state index in [-0.39, 0.29) is 5.97 Å². The Morgan fingerprint density at radius 2 is 2.20 bits per heavy atom. The van der Waals surface area contributed by atoms with Crippen molar-refractivity contribution < 1.29 is 9.53 Å². The number of hydrogen-bond acceptors (Lipinski definition) is 4. The monoisotopic (exact) mass is 274 g/mol. The molecular weight excluding hydrogens is 252 g/mol. The van der Waals surface area contributed by atoms with Crippen molar-refractivity contribution in [2.75, 3.05) is 26.7 Å². The van der Waals surface area contributed by atoms with E-state index in [0.29, 0.717) is 12.5 Å². The van der Waals surface area contributed by atoms with Crippen LogP contribution in [0.25, 0.3) is 0 Å². The average molecular weight is 274 g/mol. The lowest BCUT2D eigenvalue weighted by Crippen LogP contribution is -2.61. The van der Waals surface area contributed by atoms with Gasteiger partial charge >= 0.3 is 5.97 Å². The van der Waals surface area contributed by atoms with E-state index in [1.807, 2.05) is 18.2 Å². The summed E-state index contributed by atoms with van der Waals surface area (Å²) in [6.07, 6.45) is 1.92. The summed E-state index contributed by atoms with van der Waals surface area (Å²) in [6.45, 7) is 3.81. The number of carbonyl (C=O) groups excluding carboxylic acids is 1. The van der Waals surface area contributed by atoms with Crippen molar-refractivity contribution in [3.8, 4) is 0 Å². The Kier molecular flexibility index (Phi) is 3.76. The predicted octanol–water partition coefficient (Wildman–Crippen LogP) is 1.41. The Hall–Kier alpha value is -1.39. The maximum Gasteiger partial charge on any atom is 0.326 e. The Morgan fingerprint density at radius 3 is 2.95 bits per heavy atom. The van der Waals surface area contributed by atoms with Gasteiger partial charge in [0.1, 0.15) is 5.54 Å². The zero-order chi connectivity index (χ0) is 14.0. The molecule has 1 N–H and O–H groups in total. The number of benzene rings is 1. The zero-order valence-electron chi connectivity index (χ0n) is 12.0. The quantitative estimate of drug-likeness (QED) is 0.843. The lowest BCUT2D eigenvalue weighted by Gasteiger charge is -2.41. The number of ether oxygens (including phenoxy) is 1. The SMILES string of the molecule is COC(=O)C1(NCc2ccccc2)CCN2CCC1C2. The fraction of sp³-hybridized carbons (Fsp3) is 0.562. The summed E-state index contributed by atoms with van der Waals surface area (Å²) in [5, 5.41) is 3.53. The number of carbonyl (C=O) groups is 1. The van der Waals surface area contributed by atoms with Crippen LogP contribution < -0.4 is 5.32 Å². The molecule has 2 aliphatic rings. The minimum Gasteiger partial charge on any atom is -0.468 e. The zero-order valence-corrected chi connectivity index (χ0v) is 12.0. The highest BCUT2D eigenvalue weighted by Crippen LogP contribution is 2.36. The number of methoxy groups -OCH3 is 1. The van der Waals surface area contributed by atoms with Crippen molar-refractivity contribution in [2.24, 2.45) is 5.92 Å². The van der Waals surface area contributed by atoms with Crippen LogP contribution in [0.4, 0.5) is 0 Å². The first kappa shape index (κ1) is 13.6. The molecule has 20 heavy (non-hydrogen) atoms. The van der Waals surface area contributed by atoms with Crippen LogP contribution in [0.15, 0.2) is 30.3 Å². The van der Waals surface area contributed by atoms with Gasteiger partial charge in [-0.3, -0.25) is 10.1 Å². The molecule has 3 atom stereocenters. The first-order valence-electron chi connectivity index (χ1n) is 7.34. The van der Waals surface area contributed by atoms with Gasteiger partial charge in [-0.15, -0.1) is 0 Å². The van der Waals surface area contributed by atoms with E-state index in [1.54, 1.807) is 0 Å². The largest absolute Gasteiger partial charge is 0.468 e. The minimum atomic E-state index is -0.502. The van der Waals surface area contributed by atoms with Gasteiger partial charge in [0.25, 0.3) is 0 Å². The second kappa shape index (κ2) is 5.54. The molecule has 2 fully saturated rings. The van der Waals surface area contributed by atoms with E-state index < -0.39 is 5.54 Å². The number of fused-ring (bicyclic) bond motifs is 2. The molecular formula is C16H22N2O2. The van der Waals surface area contributed by atoms with Crippen LogP contribution in [-0.4, -0.2) is 43.2 Å². The maximum atomic E-state index is 12.4. The molecule has 0 aromatic heterocycles. The molecule has 0 aliphatic carbocycles. The molecule has 0 spiro atoms. The van der Waals surface area contributed by atoms with E-state index in [0.717, 1.165) is 32.5 Å². The lowest BCUT2D eigenvalue weighted by molar-refractivity contribution is -0.153. The molecule has 2 aliphatic heterocycles. The summed E-state index contributed by atoms with van der Waals surface area (Å²) in [6, 6.07) is 10.2. The number of piperidine rings is 1. The van der Waals surface area contributed by atoms with Crippen molar-refractivity contribution in [3.05, 3.63) is 35.9 Å². The third-order valence-corrected chi connectivity index (χ3v) is 4.79. The predicted molar refractivity (Wildman–Crippen MR) is 77.2 cm³/mol. The van der Waals surface area contributed by atoms with Crippen molar-refractivity contribution >= 4 is 5.97 Å². The molecule has 4 nitrogen and oxygen atoms in total. The van der Waals surface area contributed by atoms with Gasteiger partial charge in [-0.1, -0.05) is 30.3 Å². The van der Waals surface area contributed by atoms with Crippen LogP contribution in [-0.2, 0) is 16.1 Å². The Bertz CT molecular complexity index is 477. The summed E-state index contributed by atoms with van der Waals surface area (Å²) in [5.74, 6) is 0.271. The Morgan fingerprint density at radius 1 is 1.40 bits per heavy atom. The number of hydrogen-bond donors (Lipinski definition) is 1. The van der Waals surface area contributed by atoms with Gasteiger partial charge < -0.3 is 9.64 Å². The fourth-order valence-electron chi connectivity index (χ4n) is 3.59. The van der Waals surface area contributed by atoms with Crippen molar-refractivity contribution in [1.29, 1.82) is 0 Å². The van der Waals surface area contributed by atoms with E-state index in [2.05, 4.69) is 22.3 Å². The molecule has 2 heterocycles. The number of nitrogens with one attached hydrogen (secondary N) is 1. The normalized spacial score (nSPS) is 32.0. The van der Waals surface area contributed by atoms with Crippen LogP contribution >= 0.6 is 0 Å². The molecule has 2 bridgehead atoms. The molecule has 1 aromatic carbocycles. The van der Waals surface area contributed by atoms with Gasteiger partial charge in [0.2, 0.25) is 0 Å². The van der Waals surface area contributed by atoms with Gasteiger partial charge in [-0.2, -0.15) is 0 Å². The first-order valence-corrected chi connectivity index (χ1v) is 7.34. The van der Waals surface area contributed by atoms with Gasteiger partial charge in [-0.25, -0.2) is 0 Å². The highest BCUT2D eigenvalue weighted by Gasteiger charge is 2.51. The summed E-state index contributed by atoms with van der Waals surface area (Å²) in [4.78, 5) is 14.8. The van der Waals surface area contributed by atoms with Crippen LogP contribution in [0.2, 0.25) is 0 Å². The molecule has 2 saturated heterocycles. The second-order valence-electron chi connectivity index (χ2n) is 5.84. The maximum absolute atomic E-state index is 12.4. The topological polar surface area (TPSA) is 41.6 Å². The van der Waals surface area contributed by atoms with Gasteiger partial charge in [0.05, 0.1) is 7.11 Å². The Balaban J connectivity index is 1.78. The minimum absolute atomic E-state index is 0.0972. The summed E-state index contributed by atoms with van der Waals surface area (Å²) in [5.41, 5.74) is 0.702. The average Bonchev–Trinajstić information content (AvgIpc) is 2.91. The molecule has 1 aromatic rings. The molecule has 0 radical (unpaired) electrons. The van der Waals surface area contributed by atoms with E-state index in [1.165, 1.54) is 12.7 Å². The molecule has 108 valence electrons. The van der Waals surface area contributed by atoms with Crippen molar-refractivity contribution in [2.45, 2.75) is 24.9 Å². The smallest absolute Gasteiger partial charge is 0.326 e. The summed E-state index contributed by atoms with van der Waals surface area (Å²) in [7, 11) is 1.50. The van der Waals surface area contributed by atoms with E-state index >= 15 is 0 Å². The third kappa shape index (κ3) is 2.34. The standard InChI is InChI=1S/C16H22N2O2/c1-20-15(19)16(8-10-18-9-7-14(16)12-18)17-11-13-5-3-2-4-6-13/h2-6,14,17H,7-12H2,1H3.